The van der Waals surface area contributed by atoms with Gasteiger partial charge in [-0.15, -0.1) is 11.8 Å². The van der Waals surface area contributed by atoms with E-state index < -0.39 is 0 Å². The third kappa shape index (κ3) is 2.85. The highest BCUT2D eigenvalue weighted by Gasteiger charge is 2.28. The summed E-state index contributed by atoms with van der Waals surface area (Å²) in [5.41, 5.74) is 0. The second-order valence-electron chi connectivity index (χ2n) is 3.75. The van der Waals surface area contributed by atoms with Gasteiger partial charge < -0.3 is 9.84 Å². The summed E-state index contributed by atoms with van der Waals surface area (Å²) in [7, 11) is 0. The average molecular weight is 259 g/mol. The Morgan fingerprint density at radius 1 is 1.44 bits per heavy atom. The Labute approximate surface area is 104 Å². The Hall–Kier alpha value is -0.360. The van der Waals surface area contributed by atoms with E-state index in [2.05, 4.69) is 29.3 Å². The quantitative estimate of drug-likeness (QED) is 0.897. The van der Waals surface area contributed by atoms with E-state index in [9.17, 15) is 0 Å². The minimum absolute atomic E-state index is 0.375. The molecule has 0 amide bonds. The monoisotopic (exact) mass is 259 g/mol. The number of anilines is 1. The zero-order valence-corrected chi connectivity index (χ0v) is 11.2. The Morgan fingerprint density at radius 3 is 3.00 bits per heavy atom. The Morgan fingerprint density at radius 2 is 2.25 bits per heavy atom. The molecule has 2 heterocycles. The molecule has 6 heteroatoms. The van der Waals surface area contributed by atoms with Gasteiger partial charge in [-0.3, -0.25) is 0 Å². The van der Waals surface area contributed by atoms with Gasteiger partial charge in [0.1, 0.15) is 0 Å². The smallest absolute Gasteiger partial charge is 0.321 e. The molecule has 90 valence electrons. The minimum atomic E-state index is 0.375. The highest BCUT2D eigenvalue weighted by molar-refractivity contribution is 8.06. The Balaban J connectivity index is 1.99. The molecule has 2 atom stereocenters. The van der Waals surface area contributed by atoms with E-state index in [1.807, 2.05) is 23.5 Å². The molecule has 1 aliphatic rings. The third-order valence-electron chi connectivity index (χ3n) is 2.41. The second kappa shape index (κ2) is 5.82. The zero-order chi connectivity index (χ0) is 11.4. The highest BCUT2D eigenvalue weighted by atomic mass is 32.2. The maximum Gasteiger partial charge on any atom is 0.321 e. The van der Waals surface area contributed by atoms with Crippen molar-refractivity contribution in [2.75, 3.05) is 23.4 Å². The largest absolute Gasteiger partial charge is 0.338 e. The molecule has 0 radical (unpaired) electrons. The average Bonchev–Trinajstić information content (AvgIpc) is 2.75. The lowest BCUT2D eigenvalue weighted by Gasteiger charge is -2.24. The van der Waals surface area contributed by atoms with Gasteiger partial charge in [0.05, 0.1) is 5.25 Å². The summed E-state index contributed by atoms with van der Waals surface area (Å²) in [5, 5.41) is 8.11. The molecular weight excluding hydrogens is 242 g/mol. The number of nitrogens with one attached hydrogen (secondary N) is 1. The standard InChI is InChI=1S/C10H17N3OS2/c1-3-4-11-10-12-9(13-14-10)8-7(2)15-5-6-16-8/h7-8H,3-6H2,1-2H3,(H,11,12,13). The summed E-state index contributed by atoms with van der Waals surface area (Å²) in [6.45, 7) is 5.22. The first kappa shape index (κ1) is 12.1. The van der Waals surface area contributed by atoms with E-state index in [0.717, 1.165) is 18.8 Å². The summed E-state index contributed by atoms with van der Waals surface area (Å²) in [6.07, 6.45) is 1.06. The first-order chi connectivity index (χ1) is 7.81. The van der Waals surface area contributed by atoms with Gasteiger partial charge in [0.15, 0.2) is 5.82 Å². The fraction of sp³-hybridized carbons (Fsp3) is 0.800. The van der Waals surface area contributed by atoms with E-state index in [-0.39, 0.29) is 0 Å². The van der Waals surface area contributed by atoms with Gasteiger partial charge in [0.2, 0.25) is 0 Å². The van der Waals surface area contributed by atoms with Crippen molar-refractivity contribution in [2.45, 2.75) is 30.8 Å². The van der Waals surface area contributed by atoms with Gasteiger partial charge in [-0.25, -0.2) is 0 Å². The normalized spacial score (nSPS) is 25.6. The van der Waals surface area contributed by atoms with Crippen LogP contribution in [0.1, 0.15) is 31.3 Å². The van der Waals surface area contributed by atoms with E-state index in [1.54, 1.807) is 0 Å². The number of hydrogen-bond acceptors (Lipinski definition) is 6. The van der Waals surface area contributed by atoms with Gasteiger partial charge in [0, 0.05) is 23.3 Å². The number of aromatic nitrogens is 2. The lowest BCUT2D eigenvalue weighted by molar-refractivity contribution is 0.421. The van der Waals surface area contributed by atoms with Crippen molar-refractivity contribution in [2.24, 2.45) is 0 Å². The van der Waals surface area contributed by atoms with Crippen molar-refractivity contribution in [1.82, 2.24) is 10.1 Å². The van der Waals surface area contributed by atoms with E-state index in [1.165, 1.54) is 11.5 Å². The summed E-state index contributed by atoms with van der Waals surface area (Å²) in [4.78, 5) is 4.40. The molecule has 0 bridgehead atoms. The van der Waals surface area contributed by atoms with Crippen LogP contribution in [-0.4, -0.2) is 33.4 Å². The molecule has 1 aliphatic heterocycles. The number of rotatable bonds is 4. The van der Waals surface area contributed by atoms with Crippen molar-refractivity contribution in [1.29, 1.82) is 0 Å². The molecule has 2 unspecified atom stereocenters. The van der Waals surface area contributed by atoms with Crippen molar-refractivity contribution in [3.05, 3.63) is 5.82 Å². The topological polar surface area (TPSA) is 51.0 Å². The minimum Gasteiger partial charge on any atom is -0.338 e. The lowest BCUT2D eigenvalue weighted by Crippen LogP contribution is -2.16. The first-order valence-corrected chi connectivity index (χ1v) is 7.71. The molecule has 0 aliphatic carbocycles. The zero-order valence-electron chi connectivity index (χ0n) is 9.60. The van der Waals surface area contributed by atoms with Crippen LogP contribution in [0.4, 0.5) is 6.01 Å². The second-order valence-corrected chi connectivity index (χ2v) is 6.49. The third-order valence-corrected chi connectivity index (χ3v) is 5.50. The molecule has 0 spiro atoms. The number of nitrogens with zero attached hydrogens (tertiary/aromatic N) is 2. The first-order valence-electron chi connectivity index (χ1n) is 5.62. The van der Waals surface area contributed by atoms with Gasteiger partial charge >= 0.3 is 6.01 Å². The van der Waals surface area contributed by atoms with Crippen LogP contribution in [0.5, 0.6) is 0 Å². The predicted molar refractivity (Wildman–Crippen MR) is 70.2 cm³/mol. The molecule has 1 N–H and O–H groups in total. The van der Waals surface area contributed by atoms with Crippen molar-refractivity contribution in [3.63, 3.8) is 0 Å². The highest BCUT2D eigenvalue weighted by Crippen LogP contribution is 2.41. The maximum atomic E-state index is 5.17. The summed E-state index contributed by atoms with van der Waals surface area (Å²) < 4.78 is 5.17. The van der Waals surface area contributed by atoms with E-state index in [0.29, 0.717) is 16.5 Å². The lowest BCUT2D eigenvalue weighted by atomic mass is 10.3. The van der Waals surface area contributed by atoms with Crippen LogP contribution < -0.4 is 5.32 Å². The molecular formula is C10H17N3OS2. The molecule has 0 aromatic carbocycles. The van der Waals surface area contributed by atoms with Crippen molar-refractivity contribution < 1.29 is 4.52 Å². The predicted octanol–water partition coefficient (Wildman–Crippen LogP) is 2.80. The van der Waals surface area contributed by atoms with Crippen molar-refractivity contribution in [3.8, 4) is 0 Å². The van der Waals surface area contributed by atoms with Crippen LogP contribution in [0.2, 0.25) is 0 Å². The van der Waals surface area contributed by atoms with Crippen LogP contribution in [0.3, 0.4) is 0 Å². The van der Waals surface area contributed by atoms with Crippen LogP contribution >= 0.6 is 23.5 Å². The van der Waals surface area contributed by atoms with E-state index in [4.69, 9.17) is 4.52 Å². The van der Waals surface area contributed by atoms with Gasteiger partial charge in [0.25, 0.3) is 0 Å². The molecule has 1 aromatic rings. The Bertz CT molecular complexity index is 332. The molecule has 1 aromatic heterocycles. The summed E-state index contributed by atoms with van der Waals surface area (Å²) in [6, 6.07) is 0.556. The van der Waals surface area contributed by atoms with Crippen LogP contribution in [0.25, 0.3) is 0 Å². The maximum absolute atomic E-state index is 5.17. The SMILES string of the molecule is CCCNc1nc(C2SCCSC2C)no1. The van der Waals surface area contributed by atoms with E-state index >= 15 is 0 Å². The summed E-state index contributed by atoms with van der Waals surface area (Å²) in [5.74, 6) is 3.23. The van der Waals surface area contributed by atoms with Gasteiger partial charge in [-0.1, -0.05) is 19.0 Å². The van der Waals surface area contributed by atoms with Gasteiger partial charge in [-0.2, -0.15) is 16.7 Å². The Kier molecular flexibility index (Phi) is 4.40. The molecule has 2 rings (SSSR count). The molecule has 4 nitrogen and oxygen atoms in total. The molecule has 1 saturated heterocycles. The van der Waals surface area contributed by atoms with Crippen molar-refractivity contribution >= 4 is 29.5 Å². The fourth-order valence-electron chi connectivity index (χ4n) is 1.57. The molecule has 0 saturated carbocycles. The van der Waals surface area contributed by atoms with Crippen LogP contribution in [0.15, 0.2) is 4.52 Å². The number of thioether (sulfide) groups is 2. The molecule has 16 heavy (non-hydrogen) atoms. The van der Waals surface area contributed by atoms with Gasteiger partial charge in [-0.05, 0) is 6.42 Å². The van der Waals surface area contributed by atoms with Crippen LogP contribution in [-0.2, 0) is 0 Å². The molecule has 1 fully saturated rings. The number of hydrogen-bond donors (Lipinski definition) is 1. The summed E-state index contributed by atoms with van der Waals surface area (Å²) >= 11 is 3.91. The fourth-order valence-corrected chi connectivity index (χ4v) is 4.25. The van der Waals surface area contributed by atoms with Crippen LogP contribution in [0, 0.1) is 0 Å².